The van der Waals surface area contributed by atoms with Crippen molar-refractivity contribution in [2.24, 2.45) is 10.7 Å². The van der Waals surface area contributed by atoms with Crippen LogP contribution in [0.4, 0.5) is 0 Å². The predicted molar refractivity (Wildman–Crippen MR) is 34.7 cm³/mol. The van der Waals surface area contributed by atoms with Crippen LogP contribution in [0.1, 0.15) is 0 Å². The number of aliphatic imine (C=N–C) groups is 1. The molecule has 9 heavy (non-hydrogen) atoms. The molecule has 0 aromatic heterocycles. The van der Waals surface area contributed by atoms with Gasteiger partial charge in [-0.05, 0) is 6.08 Å². The third kappa shape index (κ3) is 0.996. The Balaban J connectivity index is 3.32. The lowest BCUT2D eigenvalue weighted by molar-refractivity contribution is 0.627. The van der Waals surface area contributed by atoms with Crippen molar-refractivity contribution in [1.82, 2.24) is 0 Å². The minimum Gasteiger partial charge on any atom is -0.382 e. The fourth-order valence-electron chi connectivity index (χ4n) is 0.475. The molecule has 1 aliphatic rings. The van der Waals surface area contributed by atoms with E-state index >= 15 is 0 Å². The fraction of sp³-hybridized carbons (Fsp3) is 0. The molecule has 0 aromatic rings. The van der Waals surface area contributed by atoms with E-state index < -0.39 is 10.3 Å². The van der Waals surface area contributed by atoms with Gasteiger partial charge in [-0.1, -0.05) is 0 Å². The van der Waals surface area contributed by atoms with Crippen LogP contribution < -0.4 is 5.73 Å². The molecule has 0 bridgehead atoms. The highest BCUT2D eigenvalue weighted by Gasteiger charge is 2.05. The lowest BCUT2D eigenvalue weighted by Gasteiger charge is -1.82. The number of amidine groups is 1. The molecule has 1 heterocycles. The van der Waals surface area contributed by atoms with E-state index in [2.05, 4.69) is 4.99 Å². The van der Waals surface area contributed by atoms with Crippen molar-refractivity contribution in [3.8, 4) is 0 Å². The average molecular weight is 144 g/mol. The molecular weight excluding hydrogens is 140 g/mol. The lowest BCUT2D eigenvalue weighted by atomic mass is 10.4. The summed E-state index contributed by atoms with van der Waals surface area (Å²) >= 11 is 0. The molecule has 0 saturated heterocycles. The molecule has 0 spiro atoms. The summed E-state index contributed by atoms with van der Waals surface area (Å²) in [5.41, 5.74) is 5.14. The van der Waals surface area contributed by atoms with E-state index in [4.69, 9.17) is 5.73 Å². The first-order valence-electron chi connectivity index (χ1n) is 2.18. The van der Waals surface area contributed by atoms with Crippen LogP contribution in [0.15, 0.2) is 17.3 Å². The Kier molecular flexibility index (Phi) is 1.35. The number of nitrogens with zero attached hydrogens (tertiary/aromatic N) is 1. The van der Waals surface area contributed by atoms with Crippen molar-refractivity contribution in [3.63, 3.8) is 0 Å². The summed E-state index contributed by atoms with van der Waals surface area (Å²) in [6.45, 7) is 0. The topological polar surface area (TPSA) is 72.5 Å². The molecule has 0 atom stereocenters. The van der Waals surface area contributed by atoms with Crippen molar-refractivity contribution in [2.45, 2.75) is 0 Å². The van der Waals surface area contributed by atoms with Gasteiger partial charge >= 0.3 is 0 Å². The van der Waals surface area contributed by atoms with Crippen LogP contribution in [-0.4, -0.2) is 19.1 Å². The van der Waals surface area contributed by atoms with Crippen LogP contribution >= 0.6 is 0 Å². The summed E-state index contributed by atoms with van der Waals surface area (Å²) < 4.78 is 20.3. The molecule has 0 unspecified atom stereocenters. The van der Waals surface area contributed by atoms with Crippen molar-refractivity contribution in [3.05, 3.63) is 12.3 Å². The number of rotatable bonds is 0. The monoisotopic (exact) mass is 144 g/mol. The highest BCUT2D eigenvalue weighted by molar-refractivity contribution is 7.75. The summed E-state index contributed by atoms with van der Waals surface area (Å²) in [5, 5.41) is 0. The summed E-state index contributed by atoms with van der Waals surface area (Å²) in [5.74, 6) is 0.0586. The second-order valence-electron chi connectivity index (χ2n) is 1.43. The first-order valence-corrected chi connectivity index (χ1v) is 3.25. The van der Waals surface area contributed by atoms with Crippen molar-refractivity contribution >= 4 is 21.0 Å². The minimum absolute atomic E-state index is 0.0586. The Morgan fingerprint density at radius 3 is 2.44 bits per heavy atom. The zero-order valence-corrected chi connectivity index (χ0v) is 5.22. The first kappa shape index (κ1) is 6.03. The number of hydrogen-bond acceptors (Lipinski definition) is 4. The van der Waals surface area contributed by atoms with Crippen LogP contribution in [0, 0.1) is 0 Å². The van der Waals surface area contributed by atoms with Gasteiger partial charge < -0.3 is 5.73 Å². The Morgan fingerprint density at radius 1 is 1.56 bits per heavy atom. The summed E-state index contributed by atoms with van der Waals surface area (Å²) in [7, 11) is -2.25. The van der Waals surface area contributed by atoms with Gasteiger partial charge in [0.25, 0.3) is 0 Å². The predicted octanol–water partition coefficient (Wildman–Crippen LogP) is -1.08. The second-order valence-corrected chi connectivity index (χ2v) is 2.34. The van der Waals surface area contributed by atoms with Crippen LogP contribution in [0.2, 0.25) is 0 Å². The summed E-state index contributed by atoms with van der Waals surface area (Å²) in [6, 6.07) is 0. The van der Waals surface area contributed by atoms with E-state index in [0.29, 0.717) is 0 Å². The first-order chi connectivity index (χ1) is 4.22. The third-order valence-corrected chi connectivity index (χ3v) is 1.58. The van der Waals surface area contributed by atoms with Gasteiger partial charge in [-0.15, -0.1) is 0 Å². The maximum Gasteiger partial charge on any atom is 0.225 e. The van der Waals surface area contributed by atoms with E-state index in [9.17, 15) is 8.42 Å². The Morgan fingerprint density at radius 2 is 2.22 bits per heavy atom. The highest BCUT2D eigenvalue weighted by atomic mass is 32.2. The molecule has 5 heteroatoms. The quantitative estimate of drug-likeness (QED) is 0.439. The van der Waals surface area contributed by atoms with E-state index in [-0.39, 0.29) is 10.7 Å². The molecule has 0 radical (unpaired) electrons. The second kappa shape index (κ2) is 2.02. The molecular formula is C4H4N2O2S. The van der Waals surface area contributed by atoms with E-state index in [0.717, 1.165) is 0 Å². The Labute approximate surface area is 53.2 Å². The normalized spacial score (nSPS) is 16.0. The molecule has 0 fully saturated rings. The van der Waals surface area contributed by atoms with Crippen molar-refractivity contribution < 1.29 is 8.42 Å². The molecule has 1 rings (SSSR count). The highest BCUT2D eigenvalue weighted by Crippen LogP contribution is 1.90. The third-order valence-electron chi connectivity index (χ3n) is 0.872. The standard InChI is InChI=1S/C4H4N2O2S/c5-4-3(9(7)8)1-2-6-4/h1-2H,(H2,5,6). The van der Waals surface area contributed by atoms with Crippen molar-refractivity contribution in [2.75, 3.05) is 0 Å². The average Bonchev–Trinajstić information content (AvgIpc) is 2.13. The van der Waals surface area contributed by atoms with Gasteiger partial charge in [-0.3, -0.25) is 0 Å². The molecule has 2 N–H and O–H groups in total. The maximum absolute atomic E-state index is 10.2. The van der Waals surface area contributed by atoms with Gasteiger partial charge in [0, 0.05) is 6.20 Å². The van der Waals surface area contributed by atoms with Gasteiger partial charge in [-0.25, -0.2) is 4.99 Å². The van der Waals surface area contributed by atoms with Crippen LogP contribution in [0.25, 0.3) is 0 Å². The van der Waals surface area contributed by atoms with Gasteiger partial charge in [0.15, 0.2) is 0 Å². The molecule has 0 saturated carbocycles. The van der Waals surface area contributed by atoms with Gasteiger partial charge in [0.2, 0.25) is 10.3 Å². The summed E-state index contributed by atoms with van der Waals surface area (Å²) in [4.78, 5) is 3.59. The van der Waals surface area contributed by atoms with E-state index in [1.54, 1.807) is 0 Å². The van der Waals surface area contributed by atoms with Crippen LogP contribution in [0.5, 0.6) is 0 Å². The molecule has 1 aliphatic heterocycles. The summed E-state index contributed by atoms with van der Waals surface area (Å²) in [6.07, 6.45) is 2.69. The van der Waals surface area contributed by atoms with Crippen molar-refractivity contribution in [1.29, 1.82) is 0 Å². The molecule has 0 aliphatic carbocycles. The zero-order valence-electron chi connectivity index (χ0n) is 4.40. The molecule has 0 amide bonds. The Hall–Kier alpha value is -1.10. The number of hydrogen-bond donors (Lipinski definition) is 1. The fourth-order valence-corrected chi connectivity index (χ4v) is 0.871. The maximum atomic E-state index is 10.2. The van der Waals surface area contributed by atoms with Gasteiger partial charge in [0.1, 0.15) is 10.7 Å². The Bertz CT molecular complexity index is 301. The van der Waals surface area contributed by atoms with Crippen LogP contribution in [-0.2, 0) is 10.3 Å². The van der Waals surface area contributed by atoms with Crippen LogP contribution in [0.3, 0.4) is 0 Å². The largest absolute Gasteiger partial charge is 0.382 e. The smallest absolute Gasteiger partial charge is 0.225 e. The number of nitrogens with two attached hydrogens (primary N) is 1. The molecule has 48 valence electrons. The zero-order chi connectivity index (χ0) is 6.85. The lowest BCUT2D eigenvalue weighted by Crippen LogP contribution is -2.19. The van der Waals surface area contributed by atoms with Gasteiger partial charge in [-0.2, -0.15) is 8.42 Å². The molecule has 4 nitrogen and oxygen atoms in total. The van der Waals surface area contributed by atoms with Gasteiger partial charge in [0.05, 0.1) is 0 Å². The van der Waals surface area contributed by atoms with E-state index in [1.165, 1.54) is 12.3 Å². The minimum atomic E-state index is -2.25. The molecule has 0 aromatic carbocycles. The van der Waals surface area contributed by atoms with E-state index in [1.807, 2.05) is 0 Å². The SMILES string of the molecule is NC1=NC=CC1=S(=O)=O.